The number of hydrogen-bond acceptors (Lipinski definition) is 18. The zero-order valence-corrected chi connectivity index (χ0v) is 32.9. The van der Waals surface area contributed by atoms with Crippen molar-refractivity contribution >= 4 is 53.9 Å². The molecule has 7 atom stereocenters. The smallest absolute Gasteiger partial charge is 0.410 e. The number of ether oxygens (including phenoxy) is 5. The first-order valence-corrected chi connectivity index (χ1v) is 19.4. The molecule has 6 N–H and O–H groups in total. The number of aliphatic hydroxyl groups is 3. The summed E-state index contributed by atoms with van der Waals surface area (Å²) in [7, 11) is 1.28. The summed E-state index contributed by atoms with van der Waals surface area (Å²) >= 11 is 4.08. The highest BCUT2D eigenvalue weighted by molar-refractivity contribution is 7.81. The van der Waals surface area contributed by atoms with Crippen LogP contribution >= 0.6 is 12.6 Å². The third-order valence-electron chi connectivity index (χ3n) is 11.0. The summed E-state index contributed by atoms with van der Waals surface area (Å²) in [4.78, 5) is 90.4. The van der Waals surface area contributed by atoms with E-state index >= 15 is 0 Å². The number of hydrogen-bond donors (Lipinski definition) is 7. The predicted octanol–water partition coefficient (Wildman–Crippen LogP) is 0.887. The number of carbonyl (C=O) groups is 7. The molecule has 1 unspecified atom stereocenters. The number of imide groups is 1. The lowest BCUT2D eigenvalue weighted by molar-refractivity contribution is -0.249. The molecule has 2 aromatic rings. The van der Waals surface area contributed by atoms with Crippen LogP contribution in [0.2, 0.25) is 0 Å². The molecule has 0 aromatic heterocycles. The number of nitrogens with one attached hydrogen (secondary N) is 1. The Morgan fingerprint density at radius 3 is 2.42 bits per heavy atom. The van der Waals surface area contributed by atoms with Crippen molar-refractivity contribution in [3.05, 3.63) is 51.6 Å². The summed E-state index contributed by atoms with van der Waals surface area (Å²) in [6.07, 6.45) is -6.51. The fourth-order valence-corrected chi connectivity index (χ4v) is 8.18. The highest BCUT2D eigenvalue weighted by Gasteiger charge is 2.50. The third kappa shape index (κ3) is 8.50. The van der Waals surface area contributed by atoms with Crippen LogP contribution in [0.25, 0.3) is 0 Å². The molecule has 19 nitrogen and oxygen atoms in total. The van der Waals surface area contributed by atoms with Crippen LogP contribution in [-0.4, -0.2) is 134 Å². The number of rotatable bonds is 14. The number of fused-ring (bicyclic) bond motifs is 3. The van der Waals surface area contributed by atoms with Crippen LogP contribution in [0.15, 0.2) is 18.2 Å². The fraction of sp³-hybridized carbons (Fsp3) is 0.513. The van der Waals surface area contributed by atoms with E-state index in [-0.39, 0.29) is 65.6 Å². The molecule has 59 heavy (non-hydrogen) atoms. The molecule has 2 aliphatic carbocycles. The van der Waals surface area contributed by atoms with E-state index in [0.717, 1.165) is 4.90 Å². The summed E-state index contributed by atoms with van der Waals surface area (Å²) in [6, 6.07) is 3.12. The number of phenols is 2. The van der Waals surface area contributed by atoms with Crippen molar-refractivity contribution in [2.45, 2.75) is 99.8 Å². The van der Waals surface area contributed by atoms with Gasteiger partial charge in [0, 0.05) is 55.3 Å². The van der Waals surface area contributed by atoms with E-state index in [2.05, 4.69) is 17.9 Å². The van der Waals surface area contributed by atoms with Crippen molar-refractivity contribution < 1.29 is 82.8 Å². The molecular formula is C39H44N2O17S. The average Bonchev–Trinajstić information content (AvgIpc) is 3.44. The topological polar surface area (TPSA) is 282 Å². The third-order valence-corrected chi connectivity index (χ3v) is 11.4. The summed E-state index contributed by atoms with van der Waals surface area (Å²) in [5.74, 6) is -5.61. The van der Waals surface area contributed by atoms with Crippen molar-refractivity contribution in [1.29, 1.82) is 0 Å². The number of alkyl carbamates (subject to hydrolysis) is 1. The van der Waals surface area contributed by atoms with Gasteiger partial charge in [-0.05, 0) is 25.8 Å². The second-order valence-corrected chi connectivity index (χ2v) is 15.4. The molecule has 3 amide bonds. The number of amides is 3. The molecular weight excluding hydrogens is 800 g/mol. The highest BCUT2D eigenvalue weighted by Crippen LogP contribution is 2.52. The number of unbranched alkanes of at least 4 members (excludes halogenated alkanes) is 2. The van der Waals surface area contributed by atoms with Crippen LogP contribution in [0.4, 0.5) is 4.79 Å². The first kappa shape index (κ1) is 43.5. The number of nitrogens with zero attached hydrogens (tertiary/aromatic N) is 1. The number of ketones is 3. The Kier molecular flexibility index (Phi) is 13.0. The molecule has 0 saturated carbocycles. The average molecular weight is 845 g/mol. The number of carbonyl (C=O) groups excluding carboxylic acids is 7. The Bertz CT molecular complexity index is 2070. The van der Waals surface area contributed by atoms with Crippen LogP contribution < -0.4 is 10.1 Å². The van der Waals surface area contributed by atoms with Crippen LogP contribution in [0, 0.1) is 0 Å². The number of likely N-dealkylation sites (tertiary alicyclic amines) is 1. The Balaban J connectivity index is 1.11. The van der Waals surface area contributed by atoms with Crippen LogP contribution in [0.5, 0.6) is 17.2 Å². The van der Waals surface area contributed by atoms with Crippen molar-refractivity contribution in [1.82, 2.24) is 10.2 Å². The maximum atomic E-state index is 13.9. The van der Waals surface area contributed by atoms with Gasteiger partial charge < -0.3 is 54.5 Å². The number of esters is 1. The van der Waals surface area contributed by atoms with Gasteiger partial charge >= 0.3 is 12.1 Å². The molecule has 4 aliphatic rings. The lowest BCUT2D eigenvalue weighted by atomic mass is 9.72. The molecule has 2 aromatic carbocycles. The van der Waals surface area contributed by atoms with Crippen molar-refractivity contribution in [3.63, 3.8) is 0 Å². The minimum atomic E-state index is -2.39. The first-order valence-electron chi connectivity index (χ1n) is 18.8. The SMILES string of the molecule is COc1cccc2c1C(=O)c1c(O)c3c(c(O)c1C2=O)C[C@@](O)(C(=O)CO)C[C@@H]3O[C@H]1C[C@H](NC(=O)OCOC(=O)CCCCCN2C(=O)CC(S)C2=O)[C@H](O)[C@H](C)O1. The zero-order chi connectivity index (χ0) is 42.9. The molecule has 2 saturated heterocycles. The van der Waals surface area contributed by atoms with Crippen LogP contribution in [0.1, 0.15) is 101 Å². The van der Waals surface area contributed by atoms with Crippen LogP contribution in [-0.2, 0) is 44.5 Å². The monoisotopic (exact) mass is 844 g/mol. The van der Waals surface area contributed by atoms with Crippen molar-refractivity contribution in [2.24, 2.45) is 0 Å². The standard InChI is InChI=1S/C39H44N2O17S/c1-17-32(46)20(40-38(52)56-16-55-26(45)9-4-3-5-10-41-25(44)12-23(59)37(41)51)11-27(57-17)58-22-14-39(53,24(43)15-42)13-19-29(22)36(50)31-30(34(19)48)33(47)18-7-6-8-21(54-2)28(18)35(31)49/h6-8,17,20,22-23,27,32,42,46,48,50,53,59H,3-5,9-16H2,1-2H3,(H,40,52)/t17-,20-,22-,23?,27-,32+,39-/m0/s1. The highest BCUT2D eigenvalue weighted by atomic mass is 32.1. The first-order chi connectivity index (χ1) is 28.0. The van der Waals surface area contributed by atoms with Gasteiger partial charge in [0.25, 0.3) is 0 Å². The number of benzene rings is 2. The largest absolute Gasteiger partial charge is 0.507 e. The van der Waals surface area contributed by atoms with Crippen LogP contribution in [0.3, 0.4) is 0 Å². The predicted molar refractivity (Wildman–Crippen MR) is 201 cm³/mol. The van der Waals surface area contributed by atoms with Gasteiger partial charge in [-0.2, -0.15) is 12.6 Å². The van der Waals surface area contributed by atoms with E-state index in [1.807, 2.05) is 0 Å². The summed E-state index contributed by atoms with van der Waals surface area (Å²) in [5.41, 5.74) is -4.34. The Morgan fingerprint density at radius 2 is 1.75 bits per heavy atom. The number of Topliss-reactive ketones (excluding diaryl/α,β-unsaturated/α-hetero) is 1. The summed E-state index contributed by atoms with van der Waals surface area (Å²) < 4.78 is 27.2. The summed E-state index contributed by atoms with van der Waals surface area (Å²) in [6.45, 7) is -0.205. The van der Waals surface area contributed by atoms with Gasteiger partial charge in [0.15, 0.2) is 17.9 Å². The number of thiol groups is 1. The van der Waals surface area contributed by atoms with Gasteiger partial charge in [0.2, 0.25) is 24.4 Å². The van der Waals surface area contributed by atoms with Gasteiger partial charge in [0.1, 0.15) is 35.6 Å². The number of aromatic hydroxyl groups is 2. The second-order valence-electron chi connectivity index (χ2n) is 14.7. The number of aliphatic hydroxyl groups excluding tert-OH is 2. The lowest BCUT2D eigenvalue weighted by Gasteiger charge is -2.42. The van der Waals surface area contributed by atoms with E-state index in [1.54, 1.807) is 0 Å². The molecule has 20 heteroatoms. The number of phenolic OH excluding ortho intramolecular Hbond substituents is 2. The van der Waals surface area contributed by atoms with Gasteiger partial charge in [-0.25, -0.2) is 4.79 Å². The van der Waals surface area contributed by atoms with Gasteiger partial charge in [-0.15, -0.1) is 0 Å². The Labute approximate surface area is 341 Å². The van der Waals surface area contributed by atoms with E-state index in [1.165, 1.54) is 32.2 Å². The number of methoxy groups -OCH3 is 1. The zero-order valence-electron chi connectivity index (χ0n) is 32.0. The quantitative estimate of drug-likeness (QED) is 0.0296. The van der Waals surface area contributed by atoms with E-state index in [0.29, 0.717) is 19.3 Å². The van der Waals surface area contributed by atoms with Crippen molar-refractivity contribution in [3.8, 4) is 17.2 Å². The van der Waals surface area contributed by atoms with E-state index < -0.39 is 120 Å². The molecule has 2 fully saturated rings. The minimum absolute atomic E-state index is 0.0251. The maximum Gasteiger partial charge on any atom is 0.410 e. The molecule has 0 radical (unpaired) electrons. The molecule has 318 valence electrons. The maximum absolute atomic E-state index is 13.9. The molecule has 0 bridgehead atoms. The second kappa shape index (κ2) is 17.6. The minimum Gasteiger partial charge on any atom is -0.507 e. The van der Waals surface area contributed by atoms with E-state index in [9.17, 15) is 59.1 Å². The lowest BCUT2D eigenvalue weighted by Crippen LogP contribution is -2.56. The van der Waals surface area contributed by atoms with Crippen molar-refractivity contribution in [2.75, 3.05) is 27.1 Å². The normalized spacial score (nSPS) is 26.2. The van der Waals surface area contributed by atoms with Gasteiger partial charge in [0.05, 0.1) is 47.3 Å². The Morgan fingerprint density at radius 1 is 1.02 bits per heavy atom. The van der Waals surface area contributed by atoms with Gasteiger partial charge in [-0.3, -0.25) is 33.7 Å². The van der Waals surface area contributed by atoms with E-state index in [4.69, 9.17) is 23.7 Å². The Hall–Kier alpha value is -5.12. The molecule has 0 spiro atoms. The molecule has 2 heterocycles. The molecule has 6 rings (SSSR count). The van der Waals surface area contributed by atoms with Gasteiger partial charge in [-0.1, -0.05) is 18.6 Å². The molecule has 2 aliphatic heterocycles. The summed E-state index contributed by atoms with van der Waals surface area (Å²) in [5, 5.41) is 57.2. The fourth-order valence-electron chi connectivity index (χ4n) is 7.89.